The number of hydrogen-bond acceptors (Lipinski definition) is 2. The van der Waals surface area contributed by atoms with E-state index in [1.807, 2.05) is 5.01 Å². The van der Waals surface area contributed by atoms with E-state index in [1.165, 1.54) is 12.8 Å². The van der Waals surface area contributed by atoms with Gasteiger partial charge in [-0.25, -0.2) is 0 Å². The van der Waals surface area contributed by atoms with Crippen molar-refractivity contribution in [2.45, 2.75) is 12.8 Å². The minimum Gasteiger partial charge on any atom is -0.279 e. The van der Waals surface area contributed by atoms with Gasteiger partial charge in [-0.1, -0.05) is 5.22 Å². The zero-order valence-corrected chi connectivity index (χ0v) is 5.17. The van der Waals surface area contributed by atoms with E-state index >= 15 is 0 Å². The van der Waals surface area contributed by atoms with Crippen molar-refractivity contribution in [3.63, 3.8) is 0 Å². The van der Waals surface area contributed by atoms with Crippen LogP contribution in [-0.2, 0) is 0 Å². The Morgan fingerprint density at radius 3 is 2.38 bits per heavy atom. The summed E-state index contributed by atoms with van der Waals surface area (Å²) in [5, 5.41) is 9.55. The Balaban J connectivity index is 2.24. The van der Waals surface area contributed by atoms with Gasteiger partial charge in [-0.05, 0) is 12.8 Å². The molecule has 1 aliphatic heterocycles. The third-order valence-corrected chi connectivity index (χ3v) is 1.30. The van der Waals surface area contributed by atoms with Crippen molar-refractivity contribution in [2.24, 2.45) is 10.3 Å². The molecular weight excluding hydrogens is 102 g/mol. The summed E-state index contributed by atoms with van der Waals surface area (Å²) in [4.78, 5) is 0. The fourth-order valence-corrected chi connectivity index (χ4v) is 0.916. The first-order valence-corrected chi connectivity index (χ1v) is 2.98. The van der Waals surface area contributed by atoms with Crippen LogP contribution in [0.1, 0.15) is 12.8 Å². The molecule has 0 radical (unpaired) electrons. The fourth-order valence-electron chi connectivity index (χ4n) is 0.916. The summed E-state index contributed by atoms with van der Waals surface area (Å²) >= 11 is 0. The molecule has 3 heteroatoms. The topological polar surface area (TPSA) is 28.0 Å². The van der Waals surface area contributed by atoms with E-state index in [1.54, 1.807) is 7.05 Å². The van der Waals surface area contributed by atoms with E-state index in [2.05, 4.69) is 10.3 Å². The summed E-state index contributed by atoms with van der Waals surface area (Å²) in [5.41, 5.74) is 0. The van der Waals surface area contributed by atoms with Gasteiger partial charge in [0.15, 0.2) is 0 Å². The molecule has 1 heterocycles. The minimum absolute atomic E-state index is 1.09. The third kappa shape index (κ3) is 1.18. The highest BCUT2D eigenvalue weighted by atomic mass is 15.5. The molecular formula is C5H11N3. The standard InChI is InChI=1S/C5H11N3/c1-6-7-8-4-2-3-5-8/h2-5H2,1H3. The Morgan fingerprint density at radius 2 is 1.88 bits per heavy atom. The minimum atomic E-state index is 1.09. The SMILES string of the molecule is CN=NN1CCCC1. The van der Waals surface area contributed by atoms with Gasteiger partial charge in [-0.15, -0.1) is 0 Å². The van der Waals surface area contributed by atoms with Gasteiger partial charge in [-0.3, -0.25) is 5.01 Å². The molecule has 3 nitrogen and oxygen atoms in total. The van der Waals surface area contributed by atoms with Crippen LogP contribution in [0.2, 0.25) is 0 Å². The number of hydrogen-bond donors (Lipinski definition) is 0. The Hall–Kier alpha value is -0.600. The second-order valence-corrected chi connectivity index (χ2v) is 1.95. The molecule has 0 aromatic rings. The molecule has 0 aliphatic carbocycles. The monoisotopic (exact) mass is 113 g/mol. The lowest BCUT2D eigenvalue weighted by Gasteiger charge is -2.04. The maximum Gasteiger partial charge on any atom is 0.0509 e. The van der Waals surface area contributed by atoms with Crippen molar-refractivity contribution >= 4 is 0 Å². The molecule has 0 saturated carbocycles. The van der Waals surface area contributed by atoms with Crippen molar-refractivity contribution < 1.29 is 0 Å². The Bertz CT molecular complexity index is 83.7. The normalized spacial score (nSPS) is 20.9. The van der Waals surface area contributed by atoms with Crippen LogP contribution in [0.4, 0.5) is 0 Å². The van der Waals surface area contributed by atoms with E-state index in [0.29, 0.717) is 0 Å². The Labute approximate surface area is 49.4 Å². The van der Waals surface area contributed by atoms with Gasteiger partial charge >= 0.3 is 0 Å². The van der Waals surface area contributed by atoms with Crippen molar-refractivity contribution in [1.82, 2.24) is 5.01 Å². The first kappa shape index (κ1) is 5.54. The molecule has 1 fully saturated rings. The predicted molar refractivity (Wildman–Crippen MR) is 31.6 cm³/mol. The summed E-state index contributed by atoms with van der Waals surface area (Å²) in [6.07, 6.45) is 2.55. The average Bonchev–Trinajstić information content (AvgIpc) is 2.19. The molecule has 0 aromatic carbocycles. The lowest BCUT2D eigenvalue weighted by atomic mass is 10.4. The molecule has 0 bridgehead atoms. The maximum absolute atomic E-state index is 3.88. The largest absolute Gasteiger partial charge is 0.279 e. The molecule has 0 unspecified atom stereocenters. The molecule has 0 aromatic heterocycles. The molecule has 8 heavy (non-hydrogen) atoms. The summed E-state index contributed by atoms with van der Waals surface area (Å²) in [5.74, 6) is 0. The summed E-state index contributed by atoms with van der Waals surface area (Å²) < 4.78 is 0. The molecule has 1 aliphatic rings. The van der Waals surface area contributed by atoms with Crippen molar-refractivity contribution in [3.8, 4) is 0 Å². The molecule has 0 amide bonds. The van der Waals surface area contributed by atoms with Gasteiger partial charge in [0.05, 0.1) is 7.05 Å². The summed E-state index contributed by atoms with van der Waals surface area (Å²) in [6, 6.07) is 0. The molecule has 46 valence electrons. The van der Waals surface area contributed by atoms with Gasteiger partial charge in [-0.2, -0.15) is 5.11 Å². The van der Waals surface area contributed by atoms with Gasteiger partial charge in [0, 0.05) is 13.1 Å². The van der Waals surface area contributed by atoms with Crippen LogP contribution in [-0.4, -0.2) is 25.1 Å². The molecule has 0 spiro atoms. The second kappa shape index (κ2) is 2.64. The molecule has 1 saturated heterocycles. The van der Waals surface area contributed by atoms with Crippen LogP contribution in [0.25, 0.3) is 0 Å². The Kier molecular flexibility index (Phi) is 1.83. The molecule has 0 N–H and O–H groups in total. The first-order valence-electron chi connectivity index (χ1n) is 2.98. The lowest BCUT2D eigenvalue weighted by Crippen LogP contribution is -2.09. The van der Waals surface area contributed by atoms with Gasteiger partial charge < -0.3 is 0 Å². The fraction of sp³-hybridized carbons (Fsp3) is 1.00. The molecule has 1 rings (SSSR count). The highest BCUT2D eigenvalue weighted by Gasteiger charge is 2.07. The quantitative estimate of drug-likeness (QED) is 0.467. The van der Waals surface area contributed by atoms with Gasteiger partial charge in [0.1, 0.15) is 0 Å². The van der Waals surface area contributed by atoms with E-state index in [4.69, 9.17) is 0 Å². The smallest absolute Gasteiger partial charge is 0.0509 e. The maximum atomic E-state index is 3.88. The zero-order valence-electron chi connectivity index (χ0n) is 5.17. The molecule has 0 atom stereocenters. The lowest BCUT2D eigenvalue weighted by molar-refractivity contribution is 0.334. The summed E-state index contributed by atoms with van der Waals surface area (Å²) in [7, 11) is 1.71. The zero-order chi connectivity index (χ0) is 5.82. The van der Waals surface area contributed by atoms with E-state index in [0.717, 1.165) is 13.1 Å². The van der Waals surface area contributed by atoms with Crippen molar-refractivity contribution in [3.05, 3.63) is 0 Å². The van der Waals surface area contributed by atoms with Crippen LogP contribution in [0.5, 0.6) is 0 Å². The van der Waals surface area contributed by atoms with Crippen LogP contribution in [0, 0.1) is 0 Å². The highest BCUT2D eigenvalue weighted by Crippen LogP contribution is 2.06. The number of rotatable bonds is 1. The third-order valence-electron chi connectivity index (χ3n) is 1.30. The van der Waals surface area contributed by atoms with Gasteiger partial charge in [0.2, 0.25) is 0 Å². The van der Waals surface area contributed by atoms with E-state index < -0.39 is 0 Å². The predicted octanol–water partition coefficient (Wildman–Crippen LogP) is 1.08. The van der Waals surface area contributed by atoms with Crippen LogP contribution in [0.15, 0.2) is 10.3 Å². The van der Waals surface area contributed by atoms with Crippen molar-refractivity contribution in [1.29, 1.82) is 0 Å². The average molecular weight is 113 g/mol. The van der Waals surface area contributed by atoms with E-state index in [9.17, 15) is 0 Å². The van der Waals surface area contributed by atoms with Crippen LogP contribution >= 0.6 is 0 Å². The van der Waals surface area contributed by atoms with Crippen LogP contribution < -0.4 is 0 Å². The first-order chi connectivity index (χ1) is 3.93. The highest BCUT2D eigenvalue weighted by molar-refractivity contribution is 4.59. The summed E-state index contributed by atoms with van der Waals surface area (Å²) in [6.45, 7) is 2.19. The second-order valence-electron chi connectivity index (χ2n) is 1.95. The van der Waals surface area contributed by atoms with E-state index in [-0.39, 0.29) is 0 Å². The van der Waals surface area contributed by atoms with Gasteiger partial charge in [0.25, 0.3) is 0 Å². The number of nitrogens with zero attached hydrogens (tertiary/aromatic N) is 3. The van der Waals surface area contributed by atoms with Crippen LogP contribution in [0.3, 0.4) is 0 Å². The van der Waals surface area contributed by atoms with Crippen molar-refractivity contribution in [2.75, 3.05) is 20.1 Å². The Morgan fingerprint density at radius 1 is 1.25 bits per heavy atom.